The van der Waals surface area contributed by atoms with Crippen LogP contribution in [0, 0.1) is 26.7 Å². The number of hydrogen-bond donors (Lipinski definition) is 0. The molecular formula is C32H33NO5. The van der Waals surface area contributed by atoms with E-state index in [2.05, 4.69) is 13.8 Å². The minimum atomic E-state index is -0.631. The fraction of sp³-hybridized carbons (Fsp3) is 0.312. The Bertz CT molecular complexity index is 1580. The second-order valence-electron chi connectivity index (χ2n) is 10.6. The number of benzene rings is 3. The summed E-state index contributed by atoms with van der Waals surface area (Å²) in [6.45, 7) is 10.9. The molecule has 0 radical (unpaired) electrons. The van der Waals surface area contributed by atoms with E-state index in [9.17, 15) is 9.59 Å². The van der Waals surface area contributed by atoms with Crippen LogP contribution in [0.2, 0.25) is 0 Å². The third-order valence-corrected chi connectivity index (χ3v) is 6.95. The van der Waals surface area contributed by atoms with Gasteiger partial charge in [0.25, 0.3) is 5.91 Å². The van der Waals surface area contributed by atoms with E-state index in [1.807, 2.05) is 75.4 Å². The van der Waals surface area contributed by atoms with Crippen LogP contribution in [0.25, 0.3) is 11.0 Å². The summed E-state index contributed by atoms with van der Waals surface area (Å²) < 4.78 is 17.8. The molecule has 2 heterocycles. The predicted molar refractivity (Wildman–Crippen MR) is 148 cm³/mol. The summed E-state index contributed by atoms with van der Waals surface area (Å²) in [5, 5.41) is 0.486. The standard InChI is InChI=1S/C32H33NO5/c1-18(2)17-37-25-12-11-23(15-26(25)36-6)28-27-29(34)24-14-20(4)13-21(5)30(24)38-31(27)32(35)33(28)16-22-9-7-19(3)8-10-22/h7-15,18,28H,16-17H2,1-6H3. The van der Waals surface area contributed by atoms with Crippen LogP contribution in [-0.4, -0.2) is 24.5 Å². The van der Waals surface area contributed by atoms with Gasteiger partial charge in [-0.25, -0.2) is 0 Å². The first kappa shape index (κ1) is 25.6. The Morgan fingerprint density at radius 2 is 1.66 bits per heavy atom. The fourth-order valence-electron chi connectivity index (χ4n) is 5.10. The number of hydrogen-bond acceptors (Lipinski definition) is 5. The Morgan fingerprint density at radius 3 is 2.34 bits per heavy atom. The Balaban J connectivity index is 1.69. The van der Waals surface area contributed by atoms with E-state index >= 15 is 0 Å². The Kier molecular flexibility index (Phi) is 6.74. The number of methoxy groups -OCH3 is 1. The summed E-state index contributed by atoms with van der Waals surface area (Å²) >= 11 is 0. The van der Waals surface area contributed by atoms with Crippen molar-refractivity contribution in [1.29, 1.82) is 0 Å². The van der Waals surface area contributed by atoms with Gasteiger partial charge in [0, 0.05) is 6.54 Å². The fourth-order valence-corrected chi connectivity index (χ4v) is 5.10. The third kappa shape index (κ3) is 4.55. The van der Waals surface area contributed by atoms with Gasteiger partial charge < -0.3 is 18.8 Å². The maximum atomic E-state index is 14.0. The molecule has 1 unspecified atom stereocenters. The van der Waals surface area contributed by atoms with Crippen LogP contribution < -0.4 is 14.9 Å². The molecule has 0 N–H and O–H groups in total. The maximum Gasteiger partial charge on any atom is 0.291 e. The highest BCUT2D eigenvalue weighted by atomic mass is 16.5. The number of ether oxygens (including phenoxy) is 2. The van der Waals surface area contributed by atoms with Gasteiger partial charge in [0.15, 0.2) is 16.9 Å². The van der Waals surface area contributed by atoms with Crippen LogP contribution in [0.5, 0.6) is 11.5 Å². The molecule has 0 saturated heterocycles. The molecule has 3 aromatic carbocycles. The maximum absolute atomic E-state index is 14.0. The Labute approximate surface area is 222 Å². The molecule has 0 saturated carbocycles. The van der Waals surface area contributed by atoms with Crippen LogP contribution in [0.4, 0.5) is 0 Å². The van der Waals surface area contributed by atoms with Gasteiger partial charge in [0.2, 0.25) is 5.76 Å². The lowest BCUT2D eigenvalue weighted by Gasteiger charge is -2.26. The van der Waals surface area contributed by atoms with Crippen molar-refractivity contribution in [2.24, 2.45) is 5.92 Å². The molecule has 38 heavy (non-hydrogen) atoms. The lowest BCUT2D eigenvalue weighted by Crippen LogP contribution is -2.29. The highest BCUT2D eigenvalue weighted by Crippen LogP contribution is 2.42. The van der Waals surface area contributed by atoms with Crippen LogP contribution >= 0.6 is 0 Å². The molecule has 1 aliphatic rings. The van der Waals surface area contributed by atoms with Crippen molar-refractivity contribution in [3.63, 3.8) is 0 Å². The normalized spacial score (nSPS) is 14.9. The van der Waals surface area contributed by atoms with Gasteiger partial charge in [0.1, 0.15) is 5.58 Å². The van der Waals surface area contributed by atoms with Crippen LogP contribution in [-0.2, 0) is 6.54 Å². The lowest BCUT2D eigenvalue weighted by atomic mass is 9.96. The average Bonchev–Trinajstić information content (AvgIpc) is 3.16. The number of rotatable bonds is 7. The topological polar surface area (TPSA) is 69.0 Å². The van der Waals surface area contributed by atoms with Crippen molar-refractivity contribution in [3.05, 3.63) is 104 Å². The zero-order chi connectivity index (χ0) is 27.1. The summed E-state index contributed by atoms with van der Waals surface area (Å²) in [4.78, 5) is 29.6. The van der Waals surface area contributed by atoms with Gasteiger partial charge >= 0.3 is 0 Å². The first-order valence-corrected chi connectivity index (χ1v) is 12.9. The van der Waals surface area contributed by atoms with E-state index in [4.69, 9.17) is 13.9 Å². The average molecular weight is 512 g/mol. The van der Waals surface area contributed by atoms with Gasteiger partial charge in [-0.3, -0.25) is 9.59 Å². The first-order chi connectivity index (χ1) is 18.2. The van der Waals surface area contributed by atoms with E-state index in [1.165, 1.54) is 0 Å². The highest BCUT2D eigenvalue weighted by Gasteiger charge is 2.43. The predicted octanol–water partition coefficient (Wildman–Crippen LogP) is 6.51. The molecular weight excluding hydrogens is 478 g/mol. The largest absolute Gasteiger partial charge is 0.493 e. The van der Waals surface area contributed by atoms with Gasteiger partial charge in [-0.15, -0.1) is 0 Å². The zero-order valence-electron chi connectivity index (χ0n) is 22.8. The number of amides is 1. The highest BCUT2D eigenvalue weighted by molar-refractivity contribution is 5.99. The molecule has 4 aromatic rings. The van der Waals surface area contributed by atoms with Gasteiger partial charge in [-0.1, -0.05) is 55.8 Å². The Morgan fingerprint density at radius 1 is 0.921 bits per heavy atom. The molecule has 6 nitrogen and oxygen atoms in total. The van der Waals surface area contributed by atoms with E-state index < -0.39 is 6.04 Å². The minimum Gasteiger partial charge on any atom is -0.493 e. The van der Waals surface area contributed by atoms with E-state index in [0.717, 1.165) is 27.8 Å². The number of aryl methyl sites for hydroxylation is 3. The molecule has 1 aliphatic heterocycles. The summed E-state index contributed by atoms with van der Waals surface area (Å²) in [7, 11) is 1.59. The molecule has 1 atom stereocenters. The summed E-state index contributed by atoms with van der Waals surface area (Å²) in [6, 6.07) is 16.8. The van der Waals surface area contributed by atoms with Crippen molar-refractivity contribution >= 4 is 16.9 Å². The summed E-state index contributed by atoms with van der Waals surface area (Å²) in [5.41, 5.74) is 5.29. The van der Waals surface area contributed by atoms with Gasteiger partial charge in [-0.05, 0) is 67.1 Å². The molecule has 6 heteroatoms. The Hall–Kier alpha value is -4.06. The second kappa shape index (κ2) is 10.0. The van der Waals surface area contributed by atoms with E-state index in [-0.39, 0.29) is 17.1 Å². The molecule has 0 aliphatic carbocycles. The molecule has 1 aromatic heterocycles. The number of nitrogens with zero attached hydrogens (tertiary/aromatic N) is 1. The lowest BCUT2D eigenvalue weighted by molar-refractivity contribution is 0.0714. The van der Waals surface area contributed by atoms with E-state index in [1.54, 1.807) is 12.0 Å². The van der Waals surface area contributed by atoms with Crippen molar-refractivity contribution in [2.45, 2.75) is 47.2 Å². The minimum absolute atomic E-state index is 0.102. The number of carbonyl (C=O) groups excluding carboxylic acids is 1. The monoisotopic (exact) mass is 511 g/mol. The van der Waals surface area contributed by atoms with Crippen LogP contribution in [0.1, 0.15) is 63.8 Å². The van der Waals surface area contributed by atoms with Crippen molar-refractivity contribution in [3.8, 4) is 11.5 Å². The van der Waals surface area contributed by atoms with Crippen LogP contribution in [0.3, 0.4) is 0 Å². The quantitative estimate of drug-likeness (QED) is 0.283. The molecule has 5 rings (SSSR count). The molecule has 0 bridgehead atoms. The molecule has 0 fully saturated rings. The van der Waals surface area contributed by atoms with Crippen molar-refractivity contribution < 1.29 is 18.7 Å². The second-order valence-corrected chi connectivity index (χ2v) is 10.6. The number of carbonyl (C=O) groups is 1. The van der Waals surface area contributed by atoms with Crippen LogP contribution in [0.15, 0.2) is 63.8 Å². The van der Waals surface area contributed by atoms with E-state index in [0.29, 0.717) is 47.1 Å². The molecule has 0 spiro atoms. The SMILES string of the molecule is COc1cc(C2c3c(oc4c(C)cc(C)cc4c3=O)C(=O)N2Cc2ccc(C)cc2)ccc1OCC(C)C. The van der Waals surface area contributed by atoms with Gasteiger partial charge in [0.05, 0.1) is 30.7 Å². The van der Waals surface area contributed by atoms with Gasteiger partial charge in [-0.2, -0.15) is 0 Å². The summed E-state index contributed by atoms with van der Waals surface area (Å²) in [6.07, 6.45) is 0. The summed E-state index contributed by atoms with van der Waals surface area (Å²) in [5.74, 6) is 1.33. The van der Waals surface area contributed by atoms with Crippen molar-refractivity contribution in [2.75, 3.05) is 13.7 Å². The number of fused-ring (bicyclic) bond motifs is 2. The smallest absolute Gasteiger partial charge is 0.291 e. The molecule has 196 valence electrons. The third-order valence-electron chi connectivity index (χ3n) is 6.95. The zero-order valence-corrected chi connectivity index (χ0v) is 22.8. The van der Waals surface area contributed by atoms with Crippen molar-refractivity contribution in [1.82, 2.24) is 4.90 Å². The first-order valence-electron chi connectivity index (χ1n) is 12.9. The molecule has 1 amide bonds.